The number of benzene rings is 1. The second kappa shape index (κ2) is 8.16. The Balaban J connectivity index is 2.74. The summed E-state index contributed by atoms with van der Waals surface area (Å²) in [5.74, 6) is 0.969. The smallest absolute Gasteiger partial charge is 0.258 e. The molecule has 0 aliphatic carbocycles. The fraction of sp³-hybridized carbons (Fsp3) is 0.357. The minimum absolute atomic E-state index is 0.0637. The van der Waals surface area contributed by atoms with Gasteiger partial charge in [0, 0.05) is 6.54 Å². The molecule has 0 aliphatic heterocycles. The summed E-state index contributed by atoms with van der Waals surface area (Å²) >= 11 is 0. The molecule has 3 N–H and O–H groups in total. The maximum atomic E-state index is 11.5. The molecule has 0 spiro atoms. The number of ether oxygens (including phenoxy) is 2. The van der Waals surface area contributed by atoms with Crippen LogP contribution in [0.3, 0.4) is 0 Å². The highest BCUT2D eigenvalue weighted by Gasteiger charge is 2.11. The number of amides is 1. The Morgan fingerprint density at radius 3 is 2.95 bits per heavy atom. The monoisotopic (exact) mass is 264 g/mol. The lowest BCUT2D eigenvalue weighted by Crippen LogP contribution is -2.29. The molecular formula is C14H20N2O3. The van der Waals surface area contributed by atoms with Gasteiger partial charge in [0.2, 0.25) is 0 Å². The van der Waals surface area contributed by atoms with E-state index in [2.05, 4.69) is 11.9 Å². The summed E-state index contributed by atoms with van der Waals surface area (Å²) in [5, 5.41) is 2.64. The first kappa shape index (κ1) is 15.0. The zero-order valence-electron chi connectivity index (χ0n) is 11.1. The molecule has 1 aromatic rings. The van der Waals surface area contributed by atoms with Crippen molar-refractivity contribution in [1.82, 2.24) is 5.32 Å². The number of hydrogen-bond acceptors (Lipinski definition) is 4. The molecular weight excluding hydrogens is 244 g/mol. The first-order valence-electron chi connectivity index (χ1n) is 6.09. The second-order valence-electron chi connectivity index (χ2n) is 3.87. The van der Waals surface area contributed by atoms with Crippen LogP contribution < -0.4 is 20.5 Å². The molecule has 0 saturated carbocycles. The van der Waals surface area contributed by atoms with E-state index in [1.807, 2.05) is 12.1 Å². The van der Waals surface area contributed by atoms with Crippen LogP contribution in [-0.2, 0) is 11.2 Å². The number of para-hydroxylation sites is 1. The summed E-state index contributed by atoms with van der Waals surface area (Å²) in [6, 6.07) is 5.57. The molecule has 0 heterocycles. The highest BCUT2D eigenvalue weighted by atomic mass is 16.5. The van der Waals surface area contributed by atoms with Crippen LogP contribution in [0.1, 0.15) is 5.56 Å². The second-order valence-corrected chi connectivity index (χ2v) is 3.87. The summed E-state index contributed by atoms with van der Waals surface area (Å²) in [5.41, 5.74) is 6.48. The molecule has 1 amide bonds. The molecule has 0 aromatic heterocycles. The Morgan fingerprint density at radius 2 is 2.32 bits per heavy atom. The van der Waals surface area contributed by atoms with Gasteiger partial charge < -0.3 is 20.5 Å². The lowest BCUT2D eigenvalue weighted by molar-refractivity contribution is -0.122. The molecule has 0 aliphatic rings. The van der Waals surface area contributed by atoms with Crippen molar-refractivity contribution in [2.24, 2.45) is 5.73 Å². The van der Waals surface area contributed by atoms with E-state index >= 15 is 0 Å². The third kappa shape index (κ3) is 4.63. The van der Waals surface area contributed by atoms with Crippen molar-refractivity contribution in [1.29, 1.82) is 0 Å². The molecule has 0 atom stereocenters. The van der Waals surface area contributed by atoms with Crippen LogP contribution in [-0.4, -0.2) is 32.7 Å². The van der Waals surface area contributed by atoms with Crippen molar-refractivity contribution in [3.8, 4) is 11.5 Å². The highest BCUT2D eigenvalue weighted by molar-refractivity contribution is 5.77. The Morgan fingerprint density at radius 1 is 1.53 bits per heavy atom. The lowest BCUT2D eigenvalue weighted by Gasteiger charge is -2.14. The van der Waals surface area contributed by atoms with Gasteiger partial charge in [-0.15, -0.1) is 6.58 Å². The number of carbonyl (C=O) groups excluding carboxylic acids is 1. The molecule has 0 bridgehead atoms. The average molecular weight is 264 g/mol. The van der Waals surface area contributed by atoms with Crippen molar-refractivity contribution < 1.29 is 14.3 Å². The molecule has 0 unspecified atom stereocenters. The minimum Gasteiger partial charge on any atom is -0.493 e. The number of nitrogens with one attached hydrogen (secondary N) is 1. The highest BCUT2D eigenvalue weighted by Crippen LogP contribution is 2.31. The van der Waals surface area contributed by atoms with Crippen LogP contribution >= 0.6 is 0 Å². The van der Waals surface area contributed by atoms with Gasteiger partial charge in [-0.05, 0) is 24.6 Å². The van der Waals surface area contributed by atoms with Crippen LogP contribution in [0.5, 0.6) is 11.5 Å². The van der Waals surface area contributed by atoms with E-state index in [4.69, 9.17) is 15.2 Å². The SMILES string of the molecule is C=CCNC(=O)COc1c(CCN)cccc1OC. The summed E-state index contributed by atoms with van der Waals surface area (Å²) in [6.07, 6.45) is 2.28. The van der Waals surface area contributed by atoms with Gasteiger partial charge in [0.25, 0.3) is 5.91 Å². The molecule has 104 valence electrons. The first-order chi connectivity index (χ1) is 9.22. The molecule has 0 saturated heterocycles. The zero-order valence-corrected chi connectivity index (χ0v) is 11.1. The van der Waals surface area contributed by atoms with Crippen LogP contribution in [0.2, 0.25) is 0 Å². The van der Waals surface area contributed by atoms with Gasteiger partial charge in [-0.25, -0.2) is 0 Å². The fourth-order valence-electron chi connectivity index (χ4n) is 1.61. The fourth-order valence-corrected chi connectivity index (χ4v) is 1.61. The quantitative estimate of drug-likeness (QED) is 0.684. The average Bonchev–Trinajstić information content (AvgIpc) is 2.43. The molecule has 1 rings (SSSR count). The van der Waals surface area contributed by atoms with E-state index in [1.165, 1.54) is 0 Å². The first-order valence-corrected chi connectivity index (χ1v) is 6.09. The van der Waals surface area contributed by atoms with E-state index in [0.717, 1.165) is 5.56 Å². The molecule has 0 radical (unpaired) electrons. The summed E-state index contributed by atoms with van der Waals surface area (Å²) in [6.45, 7) is 4.39. The molecule has 19 heavy (non-hydrogen) atoms. The van der Waals surface area contributed by atoms with E-state index in [9.17, 15) is 4.79 Å². The normalized spacial score (nSPS) is 9.79. The van der Waals surface area contributed by atoms with E-state index < -0.39 is 0 Å². The van der Waals surface area contributed by atoms with Crippen molar-refractivity contribution in [3.05, 3.63) is 36.4 Å². The van der Waals surface area contributed by atoms with E-state index in [1.54, 1.807) is 19.3 Å². The van der Waals surface area contributed by atoms with Gasteiger partial charge in [0.15, 0.2) is 18.1 Å². The summed E-state index contributed by atoms with van der Waals surface area (Å²) in [7, 11) is 1.56. The minimum atomic E-state index is -0.204. The van der Waals surface area contributed by atoms with Crippen LogP contribution in [0, 0.1) is 0 Å². The number of methoxy groups -OCH3 is 1. The molecule has 5 nitrogen and oxygen atoms in total. The standard InChI is InChI=1S/C14H20N2O3/c1-3-9-16-13(17)10-19-14-11(7-8-15)5-4-6-12(14)18-2/h3-6H,1,7-10,15H2,2H3,(H,16,17). The maximum absolute atomic E-state index is 11.5. The van der Waals surface area contributed by atoms with Gasteiger partial charge in [-0.1, -0.05) is 18.2 Å². The summed E-state index contributed by atoms with van der Waals surface area (Å²) < 4.78 is 10.8. The summed E-state index contributed by atoms with van der Waals surface area (Å²) in [4.78, 5) is 11.5. The van der Waals surface area contributed by atoms with Crippen LogP contribution in [0.15, 0.2) is 30.9 Å². The van der Waals surface area contributed by atoms with E-state index in [0.29, 0.717) is 31.0 Å². The zero-order chi connectivity index (χ0) is 14.1. The number of hydrogen-bond donors (Lipinski definition) is 2. The van der Waals surface area contributed by atoms with Crippen molar-refractivity contribution in [3.63, 3.8) is 0 Å². The molecule has 1 aromatic carbocycles. The van der Waals surface area contributed by atoms with Gasteiger partial charge in [-0.2, -0.15) is 0 Å². The van der Waals surface area contributed by atoms with Gasteiger partial charge >= 0.3 is 0 Å². The van der Waals surface area contributed by atoms with Crippen molar-refractivity contribution in [2.75, 3.05) is 26.8 Å². The van der Waals surface area contributed by atoms with Crippen LogP contribution in [0.25, 0.3) is 0 Å². The number of rotatable bonds is 8. The third-order valence-electron chi connectivity index (χ3n) is 2.49. The van der Waals surface area contributed by atoms with Crippen LogP contribution in [0.4, 0.5) is 0 Å². The maximum Gasteiger partial charge on any atom is 0.258 e. The van der Waals surface area contributed by atoms with E-state index in [-0.39, 0.29) is 12.5 Å². The van der Waals surface area contributed by atoms with Gasteiger partial charge in [-0.3, -0.25) is 4.79 Å². The Bertz CT molecular complexity index is 433. The lowest BCUT2D eigenvalue weighted by atomic mass is 10.1. The van der Waals surface area contributed by atoms with Gasteiger partial charge in [0.05, 0.1) is 7.11 Å². The van der Waals surface area contributed by atoms with Gasteiger partial charge in [0.1, 0.15) is 0 Å². The predicted octanol–water partition coefficient (Wildman–Crippen LogP) is 0.877. The third-order valence-corrected chi connectivity index (χ3v) is 2.49. The Labute approximate surface area is 113 Å². The Hall–Kier alpha value is -2.01. The van der Waals surface area contributed by atoms with Crippen molar-refractivity contribution in [2.45, 2.75) is 6.42 Å². The topological polar surface area (TPSA) is 73.6 Å². The predicted molar refractivity (Wildman–Crippen MR) is 74.5 cm³/mol. The molecule has 0 fully saturated rings. The molecule has 5 heteroatoms. The Kier molecular flexibility index (Phi) is 6.46. The van der Waals surface area contributed by atoms with Crippen molar-refractivity contribution >= 4 is 5.91 Å². The number of carbonyl (C=O) groups is 1. The number of nitrogens with two attached hydrogens (primary N) is 1. The largest absolute Gasteiger partial charge is 0.493 e.